The van der Waals surface area contributed by atoms with Gasteiger partial charge in [-0.05, 0) is 25.5 Å². The number of aryl methyl sites for hydroxylation is 1. The van der Waals surface area contributed by atoms with Crippen LogP contribution in [0.3, 0.4) is 0 Å². The van der Waals surface area contributed by atoms with Crippen molar-refractivity contribution in [3.63, 3.8) is 0 Å². The first-order chi connectivity index (χ1) is 8.99. The fourth-order valence-corrected chi connectivity index (χ4v) is 1.61. The maximum Gasteiger partial charge on any atom is 0.387 e. The van der Waals surface area contributed by atoms with Crippen molar-refractivity contribution in [3.05, 3.63) is 28.8 Å². The highest BCUT2D eigenvalue weighted by Gasteiger charge is 2.19. The lowest BCUT2D eigenvalue weighted by Gasteiger charge is -2.14. The van der Waals surface area contributed by atoms with Crippen LogP contribution in [-0.2, 0) is 16.0 Å². The van der Waals surface area contributed by atoms with Crippen molar-refractivity contribution in [2.45, 2.75) is 26.9 Å². The molecule has 0 aliphatic carbocycles. The molecule has 0 heterocycles. The van der Waals surface area contributed by atoms with Crippen LogP contribution in [0.1, 0.15) is 23.6 Å². The first-order valence-electron chi connectivity index (χ1n) is 5.62. The minimum atomic E-state index is -3.06. The largest absolute Gasteiger partial charge is 0.466 e. The minimum absolute atomic E-state index is 0.0369. The summed E-state index contributed by atoms with van der Waals surface area (Å²) in [7, 11) is 0. The Labute approximate surface area is 109 Å². The number of nitrogens with zero attached hydrogens (tertiary/aromatic N) is 1. The molecule has 6 heteroatoms. The predicted octanol–water partition coefficient (Wildman–Crippen LogP) is 2.57. The van der Waals surface area contributed by atoms with Gasteiger partial charge in [-0.15, -0.1) is 0 Å². The zero-order valence-electron chi connectivity index (χ0n) is 10.6. The highest BCUT2D eigenvalue weighted by atomic mass is 19.3. The van der Waals surface area contributed by atoms with Gasteiger partial charge in [-0.3, -0.25) is 4.79 Å². The van der Waals surface area contributed by atoms with Crippen LogP contribution in [0.2, 0.25) is 0 Å². The normalized spacial score (nSPS) is 10.1. The van der Waals surface area contributed by atoms with E-state index in [1.807, 2.05) is 0 Å². The Balaban J connectivity index is 3.19. The van der Waals surface area contributed by atoms with Crippen LogP contribution in [0, 0.1) is 18.3 Å². The summed E-state index contributed by atoms with van der Waals surface area (Å²) in [5.74, 6) is -0.814. The van der Waals surface area contributed by atoms with Crippen LogP contribution in [-0.4, -0.2) is 19.2 Å². The van der Waals surface area contributed by atoms with Gasteiger partial charge in [-0.1, -0.05) is 6.07 Å². The monoisotopic (exact) mass is 269 g/mol. The molecule has 0 radical (unpaired) electrons. The fourth-order valence-electron chi connectivity index (χ4n) is 1.61. The molecule has 0 atom stereocenters. The van der Waals surface area contributed by atoms with E-state index >= 15 is 0 Å². The van der Waals surface area contributed by atoms with E-state index in [0.717, 1.165) is 0 Å². The third-order valence-electron chi connectivity index (χ3n) is 2.45. The Hall–Kier alpha value is -2.16. The van der Waals surface area contributed by atoms with Gasteiger partial charge < -0.3 is 9.47 Å². The van der Waals surface area contributed by atoms with Crippen molar-refractivity contribution < 1.29 is 23.0 Å². The summed E-state index contributed by atoms with van der Waals surface area (Å²) in [6.07, 6.45) is -0.211. The maximum absolute atomic E-state index is 12.4. The Morgan fingerprint density at radius 2 is 2.16 bits per heavy atom. The summed E-state index contributed by atoms with van der Waals surface area (Å²) in [6.45, 7) is 0.428. The highest BCUT2D eigenvalue weighted by Crippen LogP contribution is 2.29. The number of hydrogen-bond donors (Lipinski definition) is 0. The molecule has 0 N–H and O–H groups in total. The van der Waals surface area contributed by atoms with Gasteiger partial charge in [0.05, 0.1) is 18.6 Å². The lowest BCUT2D eigenvalue weighted by molar-refractivity contribution is -0.142. The zero-order valence-corrected chi connectivity index (χ0v) is 10.6. The van der Waals surface area contributed by atoms with Gasteiger partial charge in [0.2, 0.25) is 0 Å². The van der Waals surface area contributed by atoms with Crippen LogP contribution in [0.5, 0.6) is 5.75 Å². The summed E-state index contributed by atoms with van der Waals surface area (Å²) in [6, 6.07) is 4.71. The van der Waals surface area contributed by atoms with Gasteiger partial charge in [0.25, 0.3) is 0 Å². The van der Waals surface area contributed by atoms with Crippen molar-refractivity contribution in [1.29, 1.82) is 5.26 Å². The molecule has 4 nitrogen and oxygen atoms in total. The van der Waals surface area contributed by atoms with Gasteiger partial charge in [-0.2, -0.15) is 14.0 Å². The molecule has 0 bridgehead atoms. The molecule has 1 aromatic rings. The van der Waals surface area contributed by atoms with E-state index in [1.54, 1.807) is 26.0 Å². The first-order valence-corrected chi connectivity index (χ1v) is 5.62. The fraction of sp³-hybridized carbons (Fsp3) is 0.385. The topological polar surface area (TPSA) is 59.3 Å². The second-order valence-corrected chi connectivity index (χ2v) is 3.71. The van der Waals surface area contributed by atoms with Crippen molar-refractivity contribution in [3.8, 4) is 11.8 Å². The number of carbonyl (C=O) groups excluding carboxylic acids is 1. The van der Waals surface area contributed by atoms with Crippen LogP contribution in [0.4, 0.5) is 8.78 Å². The molecule has 0 saturated heterocycles. The third kappa shape index (κ3) is 3.91. The summed E-state index contributed by atoms with van der Waals surface area (Å²) < 4.78 is 33.9. The Kier molecular flexibility index (Phi) is 5.24. The molecular weight excluding hydrogens is 256 g/mol. The standard InChI is InChI=1S/C13H13F2NO3/c1-3-18-11(17)6-10-8(2)4-5-9(7-16)12(10)19-13(14)15/h4-5,13H,3,6H2,1-2H3. The number of halogens is 2. The van der Waals surface area contributed by atoms with E-state index in [1.165, 1.54) is 6.07 Å². The molecule has 0 aliphatic heterocycles. The molecule has 1 rings (SSSR count). The molecule has 0 amide bonds. The van der Waals surface area contributed by atoms with Gasteiger partial charge >= 0.3 is 12.6 Å². The second kappa shape index (κ2) is 6.69. The summed E-state index contributed by atoms with van der Waals surface area (Å²) in [4.78, 5) is 11.5. The SMILES string of the molecule is CCOC(=O)Cc1c(C)ccc(C#N)c1OC(F)F. The quantitative estimate of drug-likeness (QED) is 0.771. The molecule has 1 aromatic carbocycles. The molecule has 0 spiro atoms. The van der Waals surface area contributed by atoms with Crippen LogP contribution in [0.15, 0.2) is 12.1 Å². The van der Waals surface area contributed by atoms with Gasteiger partial charge in [0.1, 0.15) is 11.8 Å². The van der Waals surface area contributed by atoms with E-state index in [4.69, 9.17) is 10.00 Å². The molecule has 0 aliphatic rings. The molecule has 0 saturated carbocycles. The van der Waals surface area contributed by atoms with E-state index < -0.39 is 12.6 Å². The van der Waals surface area contributed by atoms with E-state index in [-0.39, 0.29) is 29.9 Å². The minimum Gasteiger partial charge on any atom is -0.466 e. The number of ether oxygens (including phenoxy) is 2. The van der Waals surface area contributed by atoms with Crippen LogP contribution >= 0.6 is 0 Å². The van der Waals surface area contributed by atoms with Crippen molar-refractivity contribution in [2.24, 2.45) is 0 Å². The Bertz CT molecular complexity index is 509. The molecule has 102 valence electrons. The number of nitriles is 1. The summed E-state index contributed by atoms with van der Waals surface area (Å²) in [5.41, 5.74) is 0.797. The third-order valence-corrected chi connectivity index (χ3v) is 2.45. The number of rotatable bonds is 5. The van der Waals surface area contributed by atoms with Gasteiger partial charge in [-0.25, -0.2) is 0 Å². The average Bonchev–Trinajstić information content (AvgIpc) is 2.34. The highest BCUT2D eigenvalue weighted by molar-refractivity contribution is 5.75. The molecular formula is C13H13F2NO3. The molecule has 19 heavy (non-hydrogen) atoms. The second-order valence-electron chi connectivity index (χ2n) is 3.71. The average molecular weight is 269 g/mol. The van der Waals surface area contributed by atoms with Gasteiger partial charge in [0, 0.05) is 5.56 Å². The first kappa shape index (κ1) is 14.9. The smallest absolute Gasteiger partial charge is 0.387 e. The molecule has 0 unspecified atom stereocenters. The van der Waals surface area contributed by atoms with E-state index in [0.29, 0.717) is 5.56 Å². The Morgan fingerprint density at radius 3 is 2.68 bits per heavy atom. The maximum atomic E-state index is 12.4. The number of esters is 1. The number of hydrogen-bond acceptors (Lipinski definition) is 4. The zero-order chi connectivity index (χ0) is 14.4. The molecule has 0 fully saturated rings. The van der Waals surface area contributed by atoms with Gasteiger partial charge in [0.15, 0.2) is 0 Å². The van der Waals surface area contributed by atoms with Crippen LogP contribution in [0.25, 0.3) is 0 Å². The van der Waals surface area contributed by atoms with Crippen molar-refractivity contribution >= 4 is 5.97 Å². The lowest BCUT2D eigenvalue weighted by Crippen LogP contribution is -2.13. The van der Waals surface area contributed by atoms with Crippen LogP contribution < -0.4 is 4.74 Å². The number of alkyl halides is 2. The molecule has 0 aromatic heterocycles. The number of benzene rings is 1. The van der Waals surface area contributed by atoms with Crippen molar-refractivity contribution in [1.82, 2.24) is 0 Å². The number of carbonyl (C=O) groups is 1. The van der Waals surface area contributed by atoms with Crippen molar-refractivity contribution in [2.75, 3.05) is 6.61 Å². The summed E-state index contributed by atoms with van der Waals surface area (Å²) >= 11 is 0. The van der Waals surface area contributed by atoms with E-state index in [9.17, 15) is 13.6 Å². The van der Waals surface area contributed by atoms with E-state index in [2.05, 4.69) is 4.74 Å². The Morgan fingerprint density at radius 1 is 1.47 bits per heavy atom. The predicted molar refractivity (Wildman–Crippen MR) is 62.9 cm³/mol. The summed E-state index contributed by atoms with van der Waals surface area (Å²) in [5, 5.41) is 8.89. The lowest BCUT2D eigenvalue weighted by atomic mass is 10.0.